The highest BCUT2D eigenvalue weighted by atomic mass is 32.2. The lowest BCUT2D eigenvalue weighted by atomic mass is 10.1. The van der Waals surface area contributed by atoms with Gasteiger partial charge in [-0.2, -0.15) is 0 Å². The van der Waals surface area contributed by atoms with Crippen molar-refractivity contribution in [1.29, 1.82) is 0 Å². The Balaban J connectivity index is 1.91. The quantitative estimate of drug-likeness (QED) is 0.412. The SMILES string of the molecule is COCCc1cc2c(S(=O)(=O)n3cc(C=O)cc3-c3ccccc3F)cccc2o1. The van der Waals surface area contributed by atoms with Crippen molar-refractivity contribution in [3.05, 3.63) is 77.9 Å². The third-order valence-electron chi connectivity index (χ3n) is 4.75. The molecule has 4 rings (SSSR count). The second kappa shape index (κ2) is 7.89. The minimum Gasteiger partial charge on any atom is -0.461 e. The molecule has 0 saturated heterocycles. The Morgan fingerprint density at radius 1 is 1.13 bits per heavy atom. The number of ether oxygens (including phenoxy) is 1. The molecule has 0 aliphatic rings. The molecule has 0 aliphatic carbocycles. The lowest BCUT2D eigenvalue weighted by Gasteiger charge is -2.12. The first-order valence-electron chi connectivity index (χ1n) is 9.14. The predicted octanol–water partition coefficient (Wildman–Crippen LogP) is 4.28. The van der Waals surface area contributed by atoms with E-state index in [2.05, 4.69) is 0 Å². The third kappa shape index (κ3) is 3.44. The van der Waals surface area contributed by atoms with Crippen molar-refractivity contribution in [3.8, 4) is 11.3 Å². The van der Waals surface area contributed by atoms with Gasteiger partial charge in [-0.3, -0.25) is 4.79 Å². The number of halogens is 1. The Kier molecular flexibility index (Phi) is 5.27. The van der Waals surface area contributed by atoms with Crippen LogP contribution < -0.4 is 0 Å². The zero-order valence-electron chi connectivity index (χ0n) is 16.0. The van der Waals surface area contributed by atoms with Gasteiger partial charge in [-0.25, -0.2) is 16.8 Å². The largest absolute Gasteiger partial charge is 0.461 e. The van der Waals surface area contributed by atoms with Crippen LogP contribution in [-0.4, -0.2) is 32.4 Å². The standard InChI is InChI=1S/C22H18FNO5S/c1-28-10-9-16-12-18-21(29-16)7-4-8-22(18)30(26,27)24-13-15(14-25)11-20(24)17-5-2-3-6-19(17)23/h2-8,11-14H,9-10H2,1H3. The third-order valence-corrected chi connectivity index (χ3v) is 6.49. The van der Waals surface area contributed by atoms with E-state index >= 15 is 0 Å². The van der Waals surface area contributed by atoms with E-state index in [-0.39, 0.29) is 21.7 Å². The fourth-order valence-electron chi connectivity index (χ4n) is 3.34. The molecule has 30 heavy (non-hydrogen) atoms. The first-order chi connectivity index (χ1) is 14.5. The number of rotatable bonds is 7. The summed E-state index contributed by atoms with van der Waals surface area (Å²) < 4.78 is 53.3. The molecule has 4 aromatic rings. The molecule has 0 atom stereocenters. The maximum atomic E-state index is 14.4. The van der Waals surface area contributed by atoms with Crippen molar-refractivity contribution in [2.24, 2.45) is 0 Å². The molecule has 0 saturated carbocycles. The number of aromatic nitrogens is 1. The molecule has 0 aliphatic heterocycles. The number of fused-ring (bicyclic) bond motifs is 1. The average Bonchev–Trinajstić information content (AvgIpc) is 3.36. The molecule has 0 spiro atoms. The molecule has 0 radical (unpaired) electrons. The fraction of sp³-hybridized carbons (Fsp3) is 0.136. The van der Waals surface area contributed by atoms with Gasteiger partial charge in [-0.1, -0.05) is 18.2 Å². The number of methoxy groups -OCH3 is 1. The number of benzene rings is 2. The van der Waals surface area contributed by atoms with Crippen LogP contribution in [0.15, 0.2) is 70.1 Å². The van der Waals surface area contributed by atoms with Crippen molar-refractivity contribution in [3.63, 3.8) is 0 Å². The van der Waals surface area contributed by atoms with Gasteiger partial charge in [0.1, 0.15) is 17.2 Å². The minimum absolute atomic E-state index is 0.00180. The molecule has 0 bridgehead atoms. The molecule has 8 heteroatoms. The number of carbonyl (C=O) groups excluding carboxylic acids is 1. The number of hydrogen-bond donors (Lipinski definition) is 0. The summed E-state index contributed by atoms with van der Waals surface area (Å²) >= 11 is 0. The van der Waals surface area contributed by atoms with E-state index in [0.29, 0.717) is 36.0 Å². The zero-order valence-corrected chi connectivity index (χ0v) is 16.9. The van der Waals surface area contributed by atoms with Gasteiger partial charge in [0.2, 0.25) is 0 Å². The van der Waals surface area contributed by atoms with E-state index in [1.54, 1.807) is 31.4 Å². The van der Waals surface area contributed by atoms with Gasteiger partial charge in [-0.05, 0) is 36.4 Å². The van der Waals surface area contributed by atoms with Gasteiger partial charge < -0.3 is 9.15 Å². The Morgan fingerprint density at radius 2 is 1.93 bits per heavy atom. The molecule has 2 aromatic carbocycles. The summed E-state index contributed by atoms with van der Waals surface area (Å²) in [6.45, 7) is 0.430. The van der Waals surface area contributed by atoms with Crippen molar-refractivity contribution in [2.75, 3.05) is 13.7 Å². The van der Waals surface area contributed by atoms with Crippen molar-refractivity contribution >= 4 is 27.3 Å². The van der Waals surface area contributed by atoms with E-state index in [1.165, 1.54) is 36.5 Å². The van der Waals surface area contributed by atoms with Crippen LogP contribution in [0.25, 0.3) is 22.2 Å². The van der Waals surface area contributed by atoms with Crippen LogP contribution in [0.3, 0.4) is 0 Å². The van der Waals surface area contributed by atoms with Gasteiger partial charge in [0.25, 0.3) is 10.0 Å². The number of carbonyl (C=O) groups is 1. The second-order valence-electron chi connectivity index (χ2n) is 6.68. The highest BCUT2D eigenvalue weighted by Gasteiger charge is 2.26. The first-order valence-corrected chi connectivity index (χ1v) is 10.6. The fourth-order valence-corrected chi connectivity index (χ4v) is 4.91. The molecule has 0 amide bonds. The second-order valence-corrected chi connectivity index (χ2v) is 8.46. The van der Waals surface area contributed by atoms with Crippen molar-refractivity contribution in [2.45, 2.75) is 11.3 Å². The normalized spacial score (nSPS) is 11.8. The average molecular weight is 427 g/mol. The zero-order chi connectivity index (χ0) is 21.3. The minimum atomic E-state index is -4.16. The maximum Gasteiger partial charge on any atom is 0.268 e. The molecule has 0 fully saturated rings. The lowest BCUT2D eigenvalue weighted by Crippen LogP contribution is -2.14. The van der Waals surface area contributed by atoms with Gasteiger partial charge in [0, 0.05) is 36.2 Å². The first kappa shape index (κ1) is 20.1. The van der Waals surface area contributed by atoms with Crippen molar-refractivity contribution in [1.82, 2.24) is 3.97 Å². The molecule has 0 unspecified atom stereocenters. The van der Waals surface area contributed by atoms with Crippen LogP contribution in [0.5, 0.6) is 0 Å². The van der Waals surface area contributed by atoms with Crippen LogP contribution in [-0.2, 0) is 21.2 Å². The summed E-state index contributed by atoms with van der Waals surface area (Å²) in [5, 5.41) is 0.407. The Morgan fingerprint density at radius 3 is 2.67 bits per heavy atom. The van der Waals surface area contributed by atoms with Crippen LogP contribution in [0, 0.1) is 5.82 Å². The molecule has 6 nitrogen and oxygen atoms in total. The number of aldehydes is 1. The van der Waals surface area contributed by atoms with Crippen LogP contribution in [0.2, 0.25) is 0 Å². The topological polar surface area (TPSA) is 78.5 Å². The molecule has 2 heterocycles. The molecule has 0 N–H and O–H groups in total. The summed E-state index contributed by atoms with van der Waals surface area (Å²) in [7, 11) is -2.59. The summed E-state index contributed by atoms with van der Waals surface area (Å²) in [4.78, 5) is 11.3. The molecule has 2 aromatic heterocycles. The Hall–Kier alpha value is -3.23. The summed E-state index contributed by atoms with van der Waals surface area (Å²) in [6, 6.07) is 13.5. The lowest BCUT2D eigenvalue weighted by molar-refractivity contribution is 0.112. The van der Waals surface area contributed by atoms with Gasteiger partial charge in [0.05, 0.1) is 17.2 Å². The molecule has 154 valence electrons. The summed E-state index contributed by atoms with van der Waals surface area (Å²) in [6.07, 6.45) is 2.20. The van der Waals surface area contributed by atoms with Gasteiger partial charge in [-0.15, -0.1) is 0 Å². The number of furan rings is 1. The maximum absolute atomic E-state index is 14.4. The van der Waals surface area contributed by atoms with Crippen LogP contribution in [0.4, 0.5) is 4.39 Å². The Bertz CT molecular complexity index is 1340. The Labute approximate surface area is 172 Å². The highest BCUT2D eigenvalue weighted by molar-refractivity contribution is 7.90. The van der Waals surface area contributed by atoms with E-state index in [1.807, 2.05) is 0 Å². The smallest absolute Gasteiger partial charge is 0.268 e. The van der Waals surface area contributed by atoms with E-state index < -0.39 is 15.8 Å². The summed E-state index contributed by atoms with van der Waals surface area (Å²) in [5.41, 5.74) is 0.680. The molecular formula is C22H18FNO5S. The van der Waals surface area contributed by atoms with Gasteiger partial charge in [0.15, 0.2) is 6.29 Å². The summed E-state index contributed by atoms with van der Waals surface area (Å²) in [5.74, 6) is -0.00205. The predicted molar refractivity (Wildman–Crippen MR) is 110 cm³/mol. The van der Waals surface area contributed by atoms with E-state index in [9.17, 15) is 17.6 Å². The highest BCUT2D eigenvalue weighted by Crippen LogP contribution is 2.32. The monoisotopic (exact) mass is 427 g/mol. The van der Waals surface area contributed by atoms with E-state index in [0.717, 1.165) is 3.97 Å². The van der Waals surface area contributed by atoms with Crippen LogP contribution in [0.1, 0.15) is 16.1 Å². The van der Waals surface area contributed by atoms with Crippen LogP contribution >= 0.6 is 0 Å². The molecular weight excluding hydrogens is 409 g/mol. The van der Waals surface area contributed by atoms with E-state index in [4.69, 9.17) is 9.15 Å². The van der Waals surface area contributed by atoms with Gasteiger partial charge >= 0.3 is 0 Å². The van der Waals surface area contributed by atoms with Crippen molar-refractivity contribution < 1.29 is 26.8 Å². The number of hydrogen-bond acceptors (Lipinski definition) is 5. The number of nitrogens with zero attached hydrogens (tertiary/aromatic N) is 1.